The van der Waals surface area contributed by atoms with E-state index in [-0.39, 0.29) is 61.2 Å². The quantitative estimate of drug-likeness (QED) is 0.152. The zero-order valence-corrected chi connectivity index (χ0v) is 32.1. The Labute approximate surface area is 315 Å². The number of carbonyl (C=O) groups excluding carboxylic acids is 2. The Morgan fingerprint density at radius 2 is 1.42 bits per heavy atom. The summed E-state index contributed by atoms with van der Waals surface area (Å²) in [5.41, 5.74) is 2.12. The highest BCUT2D eigenvalue weighted by Gasteiger charge is 2.49. The largest absolute Gasteiger partial charge is 0.463 e. The molecule has 3 fully saturated rings. The van der Waals surface area contributed by atoms with Crippen LogP contribution in [0.1, 0.15) is 71.9 Å². The third-order valence-electron chi connectivity index (χ3n) is 11.1. The molecule has 5 rings (SSSR count). The molecule has 2 heterocycles. The van der Waals surface area contributed by atoms with Crippen molar-refractivity contribution in [3.05, 3.63) is 84.4 Å². The average molecular weight is 738 g/mol. The van der Waals surface area contributed by atoms with Gasteiger partial charge in [-0.3, -0.25) is 4.79 Å². The molecule has 1 aliphatic carbocycles. The van der Waals surface area contributed by atoms with Crippen LogP contribution in [0.4, 0.5) is 4.79 Å². The minimum atomic E-state index is -0.863. The summed E-state index contributed by atoms with van der Waals surface area (Å²) in [6, 6.07) is 19.6. The zero-order chi connectivity index (χ0) is 37.9. The molecular weight excluding hydrogens is 678 g/mol. The van der Waals surface area contributed by atoms with E-state index in [2.05, 4.69) is 44.8 Å². The fourth-order valence-electron chi connectivity index (χ4n) is 7.54. The molecule has 11 heteroatoms. The van der Waals surface area contributed by atoms with Gasteiger partial charge in [0.05, 0.1) is 49.8 Å². The molecule has 0 aromatic heterocycles. The lowest BCUT2D eigenvalue weighted by atomic mass is 9.81. The van der Waals surface area contributed by atoms with E-state index in [0.717, 1.165) is 24.0 Å². The highest BCUT2D eigenvalue weighted by atomic mass is 16.7. The predicted molar refractivity (Wildman–Crippen MR) is 198 cm³/mol. The molecule has 2 aromatic rings. The van der Waals surface area contributed by atoms with Crippen molar-refractivity contribution in [1.29, 1.82) is 0 Å². The van der Waals surface area contributed by atoms with Crippen LogP contribution in [0.15, 0.2) is 73.3 Å². The van der Waals surface area contributed by atoms with E-state index in [1.165, 1.54) is 13.0 Å². The molecular formula is C42H59NO10. The first-order valence-corrected chi connectivity index (χ1v) is 19.2. The summed E-state index contributed by atoms with van der Waals surface area (Å²) < 4.78 is 51.1. The Hall–Kier alpha value is -3.32. The number of nitrogens with one attached hydrogen (secondary N) is 1. The fourth-order valence-corrected chi connectivity index (χ4v) is 7.54. The number of benzene rings is 2. The minimum Gasteiger partial charge on any atom is -0.463 e. The van der Waals surface area contributed by atoms with Crippen molar-refractivity contribution in [3.63, 3.8) is 0 Å². The molecule has 1 amide bonds. The summed E-state index contributed by atoms with van der Waals surface area (Å²) in [5.74, 6) is -0.416. The van der Waals surface area contributed by atoms with Gasteiger partial charge in [0.25, 0.3) is 0 Å². The minimum absolute atomic E-state index is 0.0242. The fraction of sp³-hybridized carbons (Fsp3) is 0.619. The summed E-state index contributed by atoms with van der Waals surface area (Å²) >= 11 is 0. The summed E-state index contributed by atoms with van der Waals surface area (Å²) in [7, 11) is 0. The standard InChI is InChI=1S/C42H59NO10/c1-8-22-46-42(45)43-36-28(4)27(3)35(25-47-31(7)44)52-40(36)51-34-21-15-16-26(2)37(34)53-41-39(49-24-33-19-13-10-14-20-33)38(29(5)30(6)50-41)48-23-32-17-11-9-12-18-32/h8-14,17-20,26-30,34-41H,1,15-16,21-25H2,2-7H3,(H,43,45)/t26-,27-,28?,29-,30?,34-,35+,36?,37?,38+,39?,40-,41+/m1/s1. The number of carbonyl (C=O) groups is 2. The Morgan fingerprint density at radius 1 is 0.774 bits per heavy atom. The maximum absolute atomic E-state index is 12.8. The van der Waals surface area contributed by atoms with E-state index in [0.29, 0.717) is 19.6 Å². The van der Waals surface area contributed by atoms with E-state index in [1.54, 1.807) is 0 Å². The molecule has 11 nitrogen and oxygen atoms in total. The number of amides is 1. The molecule has 1 N–H and O–H groups in total. The van der Waals surface area contributed by atoms with Gasteiger partial charge in [0, 0.05) is 12.8 Å². The first kappa shape index (κ1) is 40.9. The summed E-state index contributed by atoms with van der Waals surface area (Å²) in [6.45, 7) is 16.4. The number of ether oxygens (including phenoxy) is 8. The van der Waals surface area contributed by atoms with Crippen LogP contribution in [0.3, 0.4) is 0 Å². The van der Waals surface area contributed by atoms with Crippen molar-refractivity contribution in [2.24, 2.45) is 23.7 Å². The van der Waals surface area contributed by atoms with Crippen molar-refractivity contribution in [3.8, 4) is 0 Å². The number of alkyl carbamates (subject to hydrolysis) is 1. The second kappa shape index (κ2) is 19.8. The Kier molecular flexibility index (Phi) is 15.3. The molecule has 292 valence electrons. The molecule has 3 aliphatic rings. The lowest BCUT2D eigenvalue weighted by Gasteiger charge is -2.49. The van der Waals surface area contributed by atoms with Crippen molar-refractivity contribution >= 4 is 12.1 Å². The second-order valence-electron chi connectivity index (χ2n) is 14.9. The van der Waals surface area contributed by atoms with Crippen LogP contribution >= 0.6 is 0 Å². The average Bonchev–Trinajstić information content (AvgIpc) is 3.15. The van der Waals surface area contributed by atoms with Crippen molar-refractivity contribution in [1.82, 2.24) is 5.32 Å². The summed E-state index contributed by atoms with van der Waals surface area (Å²) in [4.78, 5) is 24.6. The zero-order valence-electron chi connectivity index (χ0n) is 32.1. The molecule has 2 aromatic carbocycles. The van der Waals surface area contributed by atoms with E-state index in [4.69, 9.17) is 37.9 Å². The third-order valence-corrected chi connectivity index (χ3v) is 11.1. The number of rotatable bonds is 15. The maximum atomic E-state index is 12.8. The van der Waals surface area contributed by atoms with Crippen molar-refractivity contribution in [2.45, 2.75) is 129 Å². The van der Waals surface area contributed by atoms with Gasteiger partial charge in [-0.1, -0.05) is 107 Å². The van der Waals surface area contributed by atoms with Crippen LogP contribution in [-0.2, 0) is 55.9 Å². The first-order valence-electron chi connectivity index (χ1n) is 19.2. The van der Waals surface area contributed by atoms with E-state index < -0.39 is 43.0 Å². The van der Waals surface area contributed by atoms with Gasteiger partial charge in [-0.2, -0.15) is 0 Å². The Balaban J connectivity index is 1.39. The topological polar surface area (TPSA) is 120 Å². The highest BCUT2D eigenvalue weighted by Crippen LogP contribution is 2.39. The maximum Gasteiger partial charge on any atom is 0.407 e. The van der Waals surface area contributed by atoms with Gasteiger partial charge in [-0.25, -0.2) is 4.79 Å². The molecule has 0 spiro atoms. The molecule has 2 aliphatic heterocycles. The predicted octanol–water partition coefficient (Wildman–Crippen LogP) is 6.97. The number of hydrogen-bond donors (Lipinski definition) is 1. The lowest BCUT2D eigenvalue weighted by molar-refractivity contribution is -0.336. The molecule has 2 saturated heterocycles. The van der Waals surface area contributed by atoms with E-state index in [1.807, 2.05) is 62.4 Å². The Morgan fingerprint density at radius 3 is 2.04 bits per heavy atom. The third kappa shape index (κ3) is 11.1. The molecule has 0 bridgehead atoms. The number of hydrogen-bond acceptors (Lipinski definition) is 10. The van der Waals surface area contributed by atoms with Crippen LogP contribution in [0.2, 0.25) is 0 Å². The van der Waals surface area contributed by atoms with Gasteiger partial charge in [0.2, 0.25) is 0 Å². The summed E-state index contributed by atoms with van der Waals surface area (Å²) in [6.07, 6.45) is -0.342. The van der Waals surface area contributed by atoms with Crippen LogP contribution in [0, 0.1) is 23.7 Å². The molecule has 1 saturated carbocycles. The van der Waals surface area contributed by atoms with Gasteiger partial charge >= 0.3 is 12.1 Å². The van der Waals surface area contributed by atoms with Gasteiger partial charge in [0.1, 0.15) is 19.3 Å². The molecule has 5 unspecified atom stereocenters. The molecule has 53 heavy (non-hydrogen) atoms. The smallest absolute Gasteiger partial charge is 0.407 e. The lowest BCUT2D eigenvalue weighted by Crippen LogP contribution is -2.61. The van der Waals surface area contributed by atoms with Crippen molar-refractivity contribution in [2.75, 3.05) is 13.2 Å². The van der Waals surface area contributed by atoms with Gasteiger partial charge in [-0.05, 0) is 48.6 Å². The van der Waals surface area contributed by atoms with Crippen LogP contribution in [0.5, 0.6) is 0 Å². The van der Waals surface area contributed by atoms with Crippen LogP contribution in [-0.4, -0.2) is 80.5 Å². The van der Waals surface area contributed by atoms with Gasteiger partial charge in [0.15, 0.2) is 12.6 Å². The Bertz CT molecular complexity index is 1430. The number of esters is 1. The first-order chi connectivity index (χ1) is 25.5. The summed E-state index contributed by atoms with van der Waals surface area (Å²) in [5, 5.41) is 2.98. The van der Waals surface area contributed by atoms with Crippen molar-refractivity contribution < 1.29 is 47.5 Å². The van der Waals surface area contributed by atoms with Gasteiger partial charge < -0.3 is 43.2 Å². The molecule has 13 atom stereocenters. The van der Waals surface area contributed by atoms with Gasteiger partial charge in [-0.15, -0.1) is 0 Å². The monoisotopic (exact) mass is 737 g/mol. The van der Waals surface area contributed by atoms with E-state index in [9.17, 15) is 9.59 Å². The second-order valence-corrected chi connectivity index (χ2v) is 14.9. The molecule has 0 radical (unpaired) electrons. The SMILES string of the molecule is C=CCOC(=O)NC1C(C)[C@@H](C)[C@H](COC(C)=O)O[C@H]1O[C@@H]1CCC[C@@H](C)C1O[C@@H]1OC(C)[C@@H](C)[C@H](OCc2ccccc2)C1OCc1ccccc1. The van der Waals surface area contributed by atoms with Crippen LogP contribution < -0.4 is 5.32 Å². The van der Waals surface area contributed by atoms with E-state index >= 15 is 0 Å². The normalized spacial score (nSPS) is 34.5. The van der Waals surface area contributed by atoms with Crippen LogP contribution in [0.25, 0.3) is 0 Å². The highest BCUT2D eigenvalue weighted by molar-refractivity contribution is 5.68.